The normalized spacial score (nSPS) is 16.1. The van der Waals surface area contributed by atoms with E-state index < -0.39 is 0 Å². The van der Waals surface area contributed by atoms with Crippen LogP contribution in [-0.2, 0) is 11.2 Å². The first kappa shape index (κ1) is 22.1. The van der Waals surface area contributed by atoms with Crippen LogP contribution in [0, 0.1) is 19.8 Å². The van der Waals surface area contributed by atoms with Crippen LogP contribution >= 0.6 is 0 Å². The number of aryl methyl sites for hydroxylation is 3. The highest BCUT2D eigenvalue weighted by atomic mass is 16.1. The van der Waals surface area contributed by atoms with Gasteiger partial charge in [0.05, 0.1) is 28.4 Å². The molecule has 1 aliphatic heterocycles. The first-order valence-corrected chi connectivity index (χ1v) is 12.0. The Morgan fingerprint density at radius 2 is 1.82 bits per heavy atom. The molecule has 7 nitrogen and oxygen atoms in total. The van der Waals surface area contributed by atoms with Crippen LogP contribution < -0.4 is 10.2 Å². The quantitative estimate of drug-likeness (QED) is 0.467. The van der Waals surface area contributed by atoms with Crippen molar-refractivity contribution in [2.75, 3.05) is 23.3 Å². The minimum Gasteiger partial charge on any atom is -0.352 e. The Morgan fingerprint density at radius 1 is 1.06 bits per heavy atom. The summed E-state index contributed by atoms with van der Waals surface area (Å²) in [6, 6.07) is 18.2. The lowest BCUT2D eigenvalue weighted by atomic mass is 9.96. The van der Waals surface area contributed by atoms with E-state index in [1.54, 1.807) is 0 Å². The van der Waals surface area contributed by atoms with Crippen LogP contribution in [0.1, 0.15) is 36.7 Å². The molecule has 4 aromatic rings. The highest BCUT2D eigenvalue weighted by Gasteiger charge is 2.29. The number of benzene rings is 2. The molecule has 0 bridgehead atoms. The van der Waals surface area contributed by atoms with Gasteiger partial charge in [0, 0.05) is 18.8 Å². The second-order valence-corrected chi connectivity index (χ2v) is 8.99. The Hall–Kier alpha value is -3.74. The van der Waals surface area contributed by atoms with Crippen molar-refractivity contribution in [3.8, 4) is 5.69 Å². The molecule has 0 unspecified atom stereocenters. The first-order chi connectivity index (χ1) is 16.5. The van der Waals surface area contributed by atoms with Gasteiger partial charge < -0.3 is 10.2 Å². The van der Waals surface area contributed by atoms with Gasteiger partial charge in [-0.05, 0) is 62.9 Å². The average Bonchev–Trinajstić information content (AvgIpc) is 3.23. The fraction of sp³-hybridized carbons (Fsp3) is 0.333. The average molecular weight is 455 g/mol. The number of para-hydroxylation sites is 1. The van der Waals surface area contributed by atoms with E-state index in [2.05, 4.69) is 46.4 Å². The molecule has 1 fully saturated rings. The van der Waals surface area contributed by atoms with E-state index in [1.165, 1.54) is 5.56 Å². The minimum atomic E-state index is -0.116. The van der Waals surface area contributed by atoms with Crippen molar-refractivity contribution in [1.82, 2.24) is 20.0 Å². The number of piperidine rings is 1. The van der Waals surface area contributed by atoms with Gasteiger partial charge in [0.2, 0.25) is 5.91 Å². The summed E-state index contributed by atoms with van der Waals surface area (Å²) in [5.41, 5.74) is 5.84. The predicted octanol–water partition coefficient (Wildman–Crippen LogP) is 4.85. The van der Waals surface area contributed by atoms with E-state index in [4.69, 9.17) is 5.10 Å². The van der Waals surface area contributed by atoms with Crippen molar-refractivity contribution in [3.05, 3.63) is 71.5 Å². The Balaban J connectivity index is 1.42. The standard InChI is InChI=1S/C27H30N6O/c1-4-20-12-14-22(15-13-20)28-27(34)21-9-8-16-32(17-21)26-25-24(18(2)29-30-26)19(3)33(31-25)23-10-6-5-7-11-23/h5-7,10-15,21H,4,8-9,16-17H2,1-3H3,(H,28,34)/t21-/m1/s1. The van der Waals surface area contributed by atoms with Crippen molar-refractivity contribution in [3.63, 3.8) is 0 Å². The summed E-state index contributed by atoms with van der Waals surface area (Å²) in [5, 5.41) is 18.1. The van der Waals surface area contributed by atoms with Gasteiger partial charge in [-0.1, -0.05) is 37.3 Å². The molecule has 1 N–H and O–H groups in total. The van der Waals surface area contributed by atoms with Crippen LogP contribution in [-0.4, -0.2) is 39.0 Å². The van der Waals surface area contributed by atoms with Crippen LogP contribution in [0.15, 0.2) is 54.6 Å². The third-order valence-electron chi connectivity index (χ3n) is 6.71. The fourth-order valence-electron chi connectivity index (χ4n) is 4.80. The van der Waals surface area contributed by atoms with Gasteiger partial charge >= 0.3 is 0 Å². The molecule has 1 aliphatic rings. The summed E-state index contributed by atoms with van der Waals surface area (Å²) in [6.07, 6.45) is 2.76. The van der Waals surface area contributed by atoms with Crippen LogP contribution in [0.2, 0.25) is 0 Å². The van der Waals surface area contributed by atoms with E-state index in [1.807, 2.05) is 54.1 Å². The molecule has 2 aromatic carbocycles. The summed E-state index contributed by atoms with van der Waals surface area (Å²) < 4.78 is 1.96. The van der Waals surface area contributed by atoms with Crippen LogP contribution in [0.3, 0.4) is 0 Å². The SMILES string of the molecule is CCc1ccc(NC(=O)[C@@H]2CCCN(c3nnc(C)c4c(C)n(-c5ccccc5)nc34)C2)cc1. The summed E-state index contributed by atoms with van der Waals surface area (Å²) in [5.74, 6) is 0.689. The largest absolute Gasteiger partial charge is 0.352 e. The van der Waals surface area contributed by atoms with Crippen molar-refractivity contribution in [2.45, 2.75) is 40.0 Å². The zero-order valence-corrected chi connectivity index (χ0v) is 20.0. The number of anilines is 2. The van der Waals surface area contributed by atoms with Gasteiger partial charge in [-0.3, -0.25) is 4.79 Å². The molecular formula is C27H30N6O. The maximum absolute atomic E-state index is 13.1. The monoisotopic (exact) mass is 454 g/mol. The number of carbonyl (C=O) groups excluding carboxylic acids is 1. The zero-order valence-electron chi connectivity index (χ0n) is 20.0. The first-order valence-electron chi connectivity index (χ1n) is 12.0. The molecule has 7 heteroatoms. The number of aromatic nitrogens is 4. The van der Waals surface area contributed by atoms with E-state index in [0.29, 0.717) is 6.54 Å². The molecular weight excluding hydrogens is 424 g/mol. The second-order valence-electron chi connectivity index (χ2n) is 8.99. The van der Waals surface area contributed by atoms with E-state index >= 15 is 0 Å². The zero-order chi connectivity index (χ0) is 23.7. The topological polar surface area (TPSA) is 75.9 Å². The molecule has 5 rings (SSSR count). The maximum Gasteiger partial charge on any atom is 0.229 e. The molecule has 0 aliphatic carbocycles. The van der Waals surface area contributed by atoms with Gasteiger partial charge in [0.25, 0.3) is 0 Å². The lowest BCUT2D eigenvalue weighted by molar-refractivity contribution is -0.120. The van der Waals surface area contributed by atoms with Gasteiger partial charge in [-0.2, -0.15) is 10.2 Å². The Labute approximate surface area is 199 Å². The number of nitrogens with one attached hydrogen (secondary N) is 1. The van der Waals surface area contributed by atoms with Gasteiger partial charge in [-0.25, -0.2) is 4.68 Å². The number of hydrogen-bond donors (Lipinski definition) is 1. The number of nitrogens with zero attached hydrogens (tertiary/aromatic N) is 5. The minimum absolute atomic E-state index is 0.0521. The van der Waals surface area contributed by atoms with Crippen molar-refractivity contribution in [1.29, 1.82) is 0 Å². The van der Waals surface area contributed by atoms with E-state index in [9.17, 15) is 4.79 Å². The molecule has 34 heavy (non-hydrogen) atoms. The molecule has 174 valence electrons. The lowest BCUT2D eigenvalue weighted by Crippen LogP contribution is -2.41. The van der Waals surface area contributed by atoms with Gasteiger partial charge in [0.15, 0.2) is 5.82 Å². The molecule has 0 radical (unpaired) electrons. The maximum atomic E-state index is 13.1. The Morgan fingerprint density at radius 3 is 2.56 bits per heavy atom. The summed E-state index contributed by atoms with van der Waals surface area (Å²) in [7, 11) is 0. The summed E-state index contributed by atoms with van der Waals surface area (Å²) in [4.78, 5) is 15.2. The molecule has 0 spiro atoms. The lowest BCUT2D eigenvalue weighted by Gasteiger charge is -2.32. The van der Waals surface area contributed by atoms with Crippen LogP contribution in [0.5, 0.6) is 0 Å². The van der Waals surface area contributed by atoms with E-state index in [-0.39, 0.29) is 11.8 Å². The molecule has 1 saturated heterocycles. The van der Waals surface area contributed by atoms with Crippen molar-refractivity contribution in [2.24, 2.45) is 5.92 Å². The molecule has 2 aromatic heterocycles. The second kappa shape index (κ2) is 9.25. The van der Waals surface area contributed by atoms with Crippen LogP contribution in [0.25, 0.3) is 16.6 Å². The Bertz CT molecular complexity index is 1310. The van der Waals surface area contributed by atoms with Crippen molar-refractivity contribution < 1.29 is 4.79 Å². The third kappa shape index (κ3) is 4.14. The van der Waals surface area contributed by atoms with Gasteiger partial charge in [-0.15, -0.1) is 5.10 Å². The van der Waals surface area contributed by atoms with Crippen LogP contribution in [0.4, 0.5) is 11.5 Å². The highest BCUT2D eigenvalue weighted by molar-refractivity contribution is 5.94. The molecule has 1 atom stereocenters. The number of amides is 1. The van der Waals surface area contributed by atoms with E-state index in [0.717, 1.165) is 65.3 Å². The smallest absolute Gasteiger partial charge is 0.229 e. The third-order valence-corrected chi connectivity index (χ3v) is 6.71. The summed E-state index contributed by atoms with van der Waals surface area (Å²) in [6.45, 7) is 7.60. The molecule has 0 saturated carbocycles. The predicted molar refractivity (Wildman–Crippen MR) is 136 cm³/mol. The number of fused-ring (bicyclic) bond motifs is 1. The highest BCUT2D eigenvalue weighted by Crippen LogP contribution is 2.31. The summed E-state index contributed by atoms with van der Waals surface area (Å²) >= 11 is 0. The van der Waals surface area contributed by atoms with Crippen molar-refractivity contribution >= 4 is 28.3 Å². The fourth-order valence-corrected chi connectivity index (χ4v) is 4.80. The molecule has 1 amide bonds. The number of carbonyl (C=O) groups is 1. The molecule has 3 heterocycles. The Kier molecular flexibility index (Phi) is 6.01. The van der Waals surface area contributed by atoms with Gasteiger partial charge in [0.1, 0.15) is 5.52 Å². The number of hydrogen-bond acceptors (Lipinski definition) is 5. The number of rotatable bonds is 5.